The average molecular weight is 360 g/mol. The average Bonchev–Trinajstić information content (AvgIpc) is 2.77. The molecule has 2 amide bonds. The summed E-state index contributed by atoms with van der Waals surface area (Å²) in [5, 5.41) is 9.54. The monoisotopic (exact) mass is 360 g/mol. The van der Waals surface area contributed by atoms with E-state index in [9.17, 15) is 19.5 Å². The summed E-state index contributed by atoms with van der Waals surface area (Å²) in [7, 11) is 1.65. The minimum absolute atomic E-state index is 0.320. The summed E-state index contributed by atoms with van der Waals surface area (Å²) in [5.41, 5.74) is -1.41. The van der Waals surface area contributed by atoms with E-state index >= 15 is 0 Å². The first kappa shape index (κ1) is 19.9. The lowest BCUT2D eigenvalue weighted by Gasteiger charge is -2.44. The Kier molecular flexibility index (Phi) is 5.17. The van der Waals surface area contributed by atoms with Crippen molar-refractivity contribution in [3.8, 4) is 0 Å². The van der Waals surface area contributed by atoms with Crippen molar-refractivity contribution in [1.82, 2.24) is 9.80 Å². The topological polar surface area (TPSA) is 77.9 Å². The Morgan fingerprint density at radius 2 is 1.73 bits per heavy atom. The van der Waals surface area contributed by atoms with Crippen LogP contribution in [0.1, 0.15) is 51.4 Å². The van der Waals surface area contributed by atoms with Gasteiger partial charge in [-0.2, -0.15) is 0 Å². The second-order valence-electron chi connectivity index (χ2n) is 8.35. The first-order chi connectivity index (χ1) is 11.9. The van der Waals surface area contributed by atoms with Crippen LogP contribution in [0.4, 0.5) is 0 Å². The summed E-state index contributed by atoms with van der Waals surface area (Å²) in [5.74, 6) is -2.09. The number of aliphatic carboxylic acids is 1. The number of amides is 2. The summed E-state index contributed by atoms with van der Waals surface area (Å²) in [6, 6.07) is 8.71. The van der Waals surface area contributed by atoms with Gasteiger partial charge in [0.2, 0.25) is 0 Å². The van der Waals surface area contributed by atoms with E-state index in [1.54, 1.807) is 45.2 Å². The molecule has 142 valence electrons. The quantitative estimate of drug-likeness (QED) is 0.896. The zero-order valence-corrected chi connectivity index (χ0v) is 16.3. The maximum atomic E-state index is 13.5. The van der Waals surface area contributed by atoms with Gasteiger partial charge in [-0.05, 0) is 18.1 Å². The van der Waals surface area contributed by atoms with Crippen LogP contribution in [-0.2, 0) is 9.59 Å². The fraction of sp³-hybridized carbons (Fsp3) is 0.550. The van der Waals surface area contributed by atoms with Crippen LogP contribution in [0.3, 0.4) is 0 Å². The van der Waals surface area contributed by atoms with E-state index < -0.39 is 29.5 Å². The Hall–Kier alpha value is -2.37. The van der Waals surface area contributed by atoms with E-state index in [2.05, 4.69) is 0 Å². The molecule has 2 rings (SSSR count). The van der Waals surface area contributed by atoms with Gasteiger partial charge in [0.15, 0.2) is 0 Å². The summed E-state index contributed by atoms with van der Waals surface area (Å²) in [6.45, 7) is 9.44. The number of carbonyl (C=O) groups is 3. The van der Waals surface area contributed by atoms with Gasteiger partial charge in [-0.3, -0.25) is 14.4 Å². The highest BCUT2D eigenvalue weighted by atomic mass is 16.4. The van der Waals surface area contributed by atoms with Crippen LogP contribution in [0, 0.1) is 11.3 Å². The van der Waals surface area contributed by atoms with Crippen molar-refractivity contribution in [2.45, 2.75) is 52.7 Å². The minimum atomic E-state index is -1.41. The summed E-state index contributed by atoms with van der Waals surface area (Å²) >= 11 is 0. The van der Waals surface area contributed by atoms with Gasteiger partial charge in [-0.25, -0.2) is 0 Å². The molecule has 0 bridgehead atoms. The number of carboxylic acid groups (broad SMARTS) is 1. The minimum Gasteiger partial charge on any atom is -0.481 e. The lowest BCUT2D eigenvalue weighted by molar-refractivity contribution is -0.146. The van der Waals surface area contributed by atoms with E-state index in [4.69, 9.17) is 0 Å². The van der Waals surface area contributed by atoms with Crippen LogP contribution in [-0.4, -0.2) is 51.4 Å². The zero-order valence-electron chi connectivity index (χ0n) is 16.3. The van der Waals surface area contributed by atoms with Gasteiger partial charge in [0.1, 0.15) is 11.7 Å². The van der Waals surface area contributed by atoms with E-state index in [1.807, 2.05) is 26.8 Å². The van der Waals surface area contributed by atoms with Crippen molar-refractivity contribution in [3.63, 3.8) is 0 Å². The molecule has 1 aliphatic rings. The molecule has 1 N–H and O–H groups in total. The van der Waals surface area contributed by atoms with E-state index in [-0.39, 0.29) is 17.7 Å². The van der Waals surface area contributed by atoms with Crippen molar-refractivity contribution < 1.29 is 19.5 Å². The van der Waals surface area contributed by atoms with E-state index in [0.29, 0.717) is 5.56 Å². The third-order valence-corrected chi connectivity index (χ3v) is 5.12. The molecule has 1 saturated heterocycles. The van der Waals surface area contributed by atoms with Gasteiger partial charge in [-0.15, -0.1) is 0 Å². The molecule has 1 aromatic rings. The first-order valence-corrected chi connectivity index (χ1v) is 8.82. The molecule has 6 heteroatoms. The molecule has 1 fully saturated rings. The number of carbonyl (C=O) groups excluding carboxylic acids is 2. The molecule has 0 aliphatic carbocycles. The molecule has 0 radical (unpaired) electrons. The number of hydrogen-bond acceptors (Lipinski definition) is 3. The Balaban J connectivity index is 2.72. The molecule has 6 nitrogen and oxygen atoms in total. The van der Waals surface area contributed by atoms with Crippen LogP contribution in [0.15, 0.2) is 30.3 Å². The van der Waals surface area contributed by atoms with Crippen LogP contribution >= 0.6 is 0 Å². The van der Waals surface area contributed by atoms with Gasteiger partial charge in [0.25, 0.3) is 11.8 Å². The zero-order chi connectivity index (χ0) is 19.9. The van der Waals surface area contributed by atoms with Gasteiger partial charge in [0.05, 0.1) is 6.42 Å². The fourth-order valence-electron chi connectivity index (χ4n) is 4.01. The van der Waals surface area contributed by atoms with Crippen LogP contribution in [0.2, 0.25) is 0 Å². The third-order valence-electron chi connectivity index (χ3n) is 5.12. The molecule has 0 spiro atoms. The molecule has 26 heavy (non-hydrogen) atoms. The SMILES string of the molecule is CC(C)C1(CC(=O)O)C(=O)N(C)C(C(C)(C)C)N1C(=O)c1ccccc1. The molecule has 1 heterocycles. The van der Waals surface area contributed by atoms with E-state index in [1.165, 1.54) is 9.80 Å². The molecule has 2 unspecified atom stereocenters. The molecule has 1 aromatic carbocycles. The van der Waals surface area contributed by atoms with Crippen molar-refractivity contribution in [2.75, 3.05) is 7.05 Å². The highest BCUT2D eigenvalue weighted by Crippen LogP contribution is 2.45. The predicted octanol–water partition coefficient (Wildman–Crippen LogP) is 2.84. The highest BCUT2D eigenvalue weighted by molar-refractivity contribution is 6.03. The van der Waals surface area contributed by atoms with Gasteiger partial charge in [-0.1, -0.05) is 52.8 Å². The lowest BCUT2D eigenvalue weighted by atomic mass is 9.80. The third kappa shape index (κ3) is 3.08. The van der Waals surface area contributed by atoms with Crippen LogP contribution < -0.4 is 0 Å². The predicted molar refractivity (Wildman–Crippen MR) is 98.4 cm³/mol. The number of rotatable bonds is 4. The van der Waals surface area contributed by atoms with Gasteiger partial charge in [0, 0.05) is 18.0 Å². The molecule has 0 saturated carbocycles. The Morgan fingerprint density at radius 3 is 2.15 bits per heavy atom. The summed E-state index contributed by atoms with van der Waals surface area (Å²) < 4.78 is 0. The molecule has 1 aliphatic heterocycles. The van der Waals surface area contributed by atoms with Crippen molar-refractivity contribution in [1.29, 1.82) is 0 Å². The number of hydrogen-bond donors (Lipinski definition) is 1. The maximum Gasteiger partial charge on any atom is 0.306 e. The van der Waals surface area contributed by atoms with Gasteiger partial charge < -0.3 is 14.9 Å². The lowest BCUT2D eigenvalue weighted by Crippen LogP contribution is -2.59. The smallest absolute Gasteiger partial charge is 0.306 e. The maximum absolute atomic E-state index is 13.5. The largest absolute Gasteiger partial charge is 0.481 e. The number of benzene rings is 1. The first-order valence-electron chi connectivity index (χ1n) is 8.82. The Labute approximate surface area is 154 Å². The van der Waals surface area contributed by atoms with Crippen LogP contribution in [0.5, 0.6) is 0 Å². The van der Waals surface area contributed by atoms with Gasteiger partial charge >= 0.3 is 5.97 Å². The van der Waals surface area contributed by atoms with Crippen LogP contribution in [0.25, 0.3) is 0 Å². The second-order valence-corrected chi connectivity index (χ2v) is 8.35. The standard InChI is InChI=1S/C20H28N2O4/c1-13(2)20(12-15(23)24)18(26)21(6)17(19(3,4)5)22(20)16(25)14-10-8-7-9-11-14/h7-11,13,17H,12H2,1-6H3,(H,23,24). The van der Waals surface area contributed by atoms with Crippen molar-refractivity contribution >= 4 is 17.8 Å². The number of nitrogens with zero attached hydrogens (tertiary/aromatic N) is 2. The Morgan fingerprint density at radius 1 is 1.19 bits per heavy atom. The summed E-state index contributed by atoms with van der Waals surface area (Å²) in [4.78, 5) is 41.4. The molecule has 0 aromatic heterocycles. The molecular weight excluding hydrogens is 332 g/mol. The molecular formula is C20H28N2O4. The van der Waals surface area contributed by atoms with Crippen molar-refractivity contribution in [2.24, 2.45) is 11.3 Å². The Bertz CT molecular complexity index is 708. The normalized spacial score (nSPS) is 23.7. The fourth-order valence-corrected chi connectivity index (χ4v) is 4.01. The van der Waals surface area contributed by atoms with E-state index in [0.717, 1.165) is 0 Å². The molecule has 2 atom stereocenters. The highest BCUT2D eigenvalue weighted by Gasteiger charge is 2.63. The second kappa shape index (κ2) is 6.74. The van der Waals surface area contributed by atoms with Crippen molar-refractivity contribution in [3.05, 3.63) is 35.9 Å². The summed E-state index contributed by atoms with van der Waals surface area (Å²) in [6.07, 6.45) is -0.955. The number of carboxylic acids is 1. The number of likely N-dealkylation sites (N-methyl/N-ethyl adjacent to an activating group) is 1.